The highest BCUT2D eigenvalue weighted by molar-refractivity contribution is 14.1. The molecule has 9 heteroatoms. The molecule has 3 N–H and O–H groups in total. The number of nitrogens with zero attached hydrogens (tertiary/aromatic N) is 1. The van der Waals surface area contributed by atoms with E-state index in [1.807, 2.05) is 28.7 Å². The summed E-state index contributed by atoms with van der Waals surface area (Å²) in [7, 11) is 0. The van der Waals surface area contributed by atoms with Crippen molar-refractivity contribution in [2.75, 3.05) is 11.9 Å². The van der Waals surface area contributed by atoms with Crippen molar-refractivity contribution in [2.24, 2.45) is 0 Å². The number of rotatable bonds is 6. The molecule has 0 fully saturated rings. The number of hydrogen-bond acceptors (Lipinski definition) is 5. The second kappa shape index (κ2) is 9.38. The van der Waals surface area contributed by atoms with Gasteiger partial charge in [-0.1, -0.05) is 0 Å². The summed E-state index contributed by atoms with van der Waals surface area (Å²) < 4.78 is 6.33. The minimum Gasteiger partial charge on any atom is -0.508 e. The van der Waals surface area contributed by atoms with E-state index < -0.39 is 18.5 Å². The Morgan fingerprint density at radius 1 is 1.30 bits per heavy atom. The van der Waals surface area contributed by atoms with E-state index in [0.717, 1.165) is 0 Å². The number of nitriles is 1. The summed E-state index contributed by atoms with van der Waals surface area (Å²) in [4.78, 5) is 22.9. The van der Waals surface area contributed by atoms with E-state index in [4.69, 9.17) is 9.84 Å². The van der Waals surface area contributed by atoms with Gasteiger partial charge in [0.1, 0.15) is 23.1 Å². The van der Waals surface area contributed by atoms with Gasteiger partial charge in [-0.2, -0.15) is 5.26 Å². The fourth-order valence-corrected chi connectivity index (χ4v) is 3.76. The van der Waals surface area contributed by atoms with Crippen LogP contribution in [0.1, 0.15) is 5.56 Å². The number of ether oxygens (including phenoxy) is 1. The molecule has 0 aromatic heterocycles. The Bertz CT molecular complexity index is 928. The number of carboxylic acids is 1. The molecule has 0 atom stereocenters. The maximum absolute atomic E-state index is 12.3. The maximum atomic E-state index is 12.3. The fourth-order valence-electron chi connectivity index (χ4n) is 1.99. The molecule has 1 amide bonds. The molecule has 0 aliphatic rings. The standard InChI is InChI=1S/C18H12BrIN2O5/c19-14-6-10(7-15(20)17(14)27-9-16(24)25)5-11(8-21)18(26)22-12-1-3-13(23)4-2-12/h1-7,23H,9H2,(H,22,26)(H,24,25)/b11-5+. The van der Waals surface area contributed by atoms with Crippen LogP contribution >= 0.6 is 38.5 Å². The summed E-state index contributed by atoms with van der Waals surface area (Å²) in [5.41, 5.74) is 0.878. The topological polar surface area (TPSA) is 120 Å². The molecule has 2 rings (SSSR count). The van der Waals surface area contributed by atoms with Crippen LogP contribution in [0.5, 0.6) is 11.5 Å². The summed E-state index contributed by atoms with van der Waals surface area (Å²) in [5, 5.41) is 29.8. The van der Waals surface area contributed by atoms with E-state index in [1.54, 1.807) is 12.1 Å². The molecular weight excluding hydrogens is 531 g/mol. The number of halogens is 2. The van der Waals surface area contributed by atoms with Crippen molar-refractivity contribution in [3.05, 3.63) is 55.6 Å². The Labute approximate surface area is 176 Å². The average molecular weight is 543 g/mol. The van der Waals surface area contributed by atoms with Crippen LogP contribution in [0.3, 0.4) is 0 Å². The van der Waals surface area contributed by atoms with Gasteiger partial charge in [0.25, 0.3) is 5.91 Å². The summed E-state index contributed by atoms with van der Waals surface area (Å²) in [5.74, 6) is -1.27. The summed E-state index contributed by atoms with van der Waals surface area (Å²) in [6.07, 6.45) is 1.41. The molecule has 138 valence electrons. The number of amides is 1. The highest BCUT2D eigenvalue weighted by Gasteiger charge is 2.13. The smallest absolute Gasteiger partial charge is 0.341 e. The minimum atomic E-state index is -1.10. The second-order valence-corrected chi connectivity index (χ2v) is 7.18. The van der Waals surface area contributed by atoms with Crippen LogP contribution in [0.15, 0.2) is 46.4 Å². The number of aliphatic carboxylic acids is 1. The highest BCUT2D eigenvalue weighted by Crippen LogP contribution is 2.32. The first-order valence-electron chi connectivity index (χ1n) is 7.36. The molecule has 0 saturated heterocycles. The number of anilines is 1. The van der Waals surface area contributed by atoms with Crippen molar-refractivity contribution >= 4 is 62.2 Å². The molecule has 0 spiro atoms. The third kappa shape index (κ3) is 5.97. The number of carboxylic acid groups (broad SMARTS) is 1. The third-order valence-corrected chi connectivity index (χ3v) is 4.55. The zero-order valence-electron chi connectivity index (χ0n) is 13.6. The molecule has 27 heavy (non-hydrogen) atoms. The molecule has 0 saturated carbocycles. The number of hydrogen-bond donors (Lipinski definition) is 3. The fraction of sp³-hybridized carbons (Fsp3) is 0.0556. The highest BCUT2D eigenvalue weighted by atomic mass is 127. The predicted octanol–water partition coefficient (Wildman–Crippen LogP) is 3.77. The van der Waals surface area contributed by atoms with Crippen molar-refractivity contribution in [3.8, 4) is 17.6 Å². The van der Waals surface area contributed by atoms with Crippen LogP contribution in [0.4, 0.5) is 5.69 Å². The van der Waals surface area contributed by atoms with Crippen LogP contribution in [0.25, 0.3) is 6.08 Å². The van der Waals surface area contributed by atoms with Gasteiger partial charge in [0.05, 0.1) is 8.04 Å². The minimum absolute atomic E-state index is 0.0636. The maximum Gasteiger partial charge on any atom is 0.341 e. The molecule has 0 heterocycles. The first-order valence-corrected chi connectivity index (χ1v) is 9.23. The van der Waals surface area contributed by atoms with Crippen LogP contribution in [0.2, 0.25) is 0 Å². The van der Waals surface area contributed by atoms with Gasteiger partial charge in [0, 0.05) is 5.69 Å². The van der Waals surface area contributed by atoms with Crippen molar-refractivity contribution in [2.45, 2.75) is 0 Å². The third-order valence-electron chi connectivity index (χ3n) is 3.16. The van der Waals surface area contributed by atoms with Crippen molar-refractivity contribution in [3.63, 3.8) is 0 Å². The van der Waals surface area contributed by atoms with Crippen molar-refractivity contribution in [1.29, 1.82) is 5.26 Å². The molecule has 0 aliphatic heterocycles. The summed E-state index contributed by atoms with van der Waals surface area (Å²) >= 11 is 5.27. The molecule has 0 radical (unpaired) electrons. The van der Waals surface area contributed by atoms with Gasteiger partial charge in [-0.15, -0.1) is 0 Å². The second-order valence-electron chi connectivity index (χ2n) is 5.17. The molecule has 2 aromatic carbocycles. The van der Waals surface area contributed by atoms with E-state index in [1.165, 1.54) is 30.3 Å². The lowest BCUT2D eigenvalue weighted by atomic mass is 10.1. The molecule has 0 unspecified atom stereocenters. The number of aromatic hydroxyl groups is 1. The SMILES string of the molecule is N#C/C(=C\c1cc(Br)c(OCC(=O)O)c(I)c1)C(=O)Nc1ccc(O)cc1. The van der Waals surface area contributed by atoms with Gasteiger partial charge in [-0.25, -0.2) is 4.79 Å². The lowest BCUT2D eigenvalue weighted by Gasteiger charge is -2.10. The van der Waals surface area contributed by atoms with Crippen LogP contribution in [-0.4, -0.2) is 28.7 Å². The predicted molar refractivity (Wildman–Crippen MR) is 110 cm³/mol. The number of phenolic OH excluding ortho intramolecular Hbond substituents is 1. The van der Waals surface area contributed by atoms with Crippen LogP contribution in [0, 0.1) is 14.9 Å². The number of carbonyl (C=O) groups excluding carboxylic acids is 1. The molecular formula is C18H12BrIN2O5. The Hall–Kier alpha value is -2.58. The number of carbonyl (C=O) groups is 2. The Kier molecular flexibility index (Phi) is 7.20. The Morgan fingerprint density at radius 2 is 1.96 bits per heavy atom. The number of phenols is 1. The van der Waals surface area contributed by atoms with Crippen LogP contribution in [-0.2, 0) is 9.59 Å². The normalized spacial score (nSPS) is 10.8. The van der Waals surface area contributed by atoms with E-state index in [0.29, 0.717) is 25.0 Å². The van der Waals surface area contributed by atoms with Gasteiger partial charge in [-0.3, -0.25) is 4.79 Å². The molecule has 2 aromatic rings. The summed E-state index contributed by atoms with van der Waals surface area (Å²) in [6.45, 7) is -0.484. The first kappa shape index (κ1) is 20.7. The zero-order valence-corrected chi connectivity index (χ0v) is 17.3. The first-order chi connectivity index (χ1) is 12.8. The van der Waals surface area contributed by atoms with E-state index >= 15 is 0 Å². The van der Waals surface area contributed by atoms with E-state index in [2.05, 4.69) is 21.2 Å². The lowest BCUT2D eigenvalue weighted by molar-refractivity contribution is -0.139. The average Bonchev–Trinajstić information content (AvgIpc) is 2.60. The van der Waals surface area contributed by atoms with E-state index in [9.17, 15) is 20.0 Å². The van der Waals surface area contributed by atoms with Gasteiger partial charge < -0.3 is 20.3 Å². The van der Waals surface area contributed by atoms with Gasteiger partial charge in [-0.05, 0) is 86.6 Å². The Balaban J connectivity index is 2.23. The lowest BCUT2D eigenvalue weighted by Crippen LogP contribution is -2.13. The van der Waals surface area contributed by atoms with Gasteiger partial charge in [0.15, 0.2) is 6.61 Å². The van der Waals surface area contributed by atoms with Gasteiger partial charge >= 0.3 is 5.97 Å². The molecule has 0 bridgehead atoms. The Morgan fingerprint density at radius 3 is 2.52 bits per heavy atom. The quantitative estimate of drug-likeness (QED) is 0.221. The van der Waals surface area contributed by atoms with Crippen molar-refractivity contribution < 1.29 is 24.5 Å². The molecule has 0 aliphatic carbocycles. The summed E-state index contributed by atoms with van der Waals surface area (Å²) in [6, 6.07) is 11.0. The monoisotopic (exact) mass is 542 g/mol. The number of benzene rings is 2. The van der Waals surface area contributed by atoms with E-state index in [-0.39, 0.29) is 11.3 Å². The van der Waals surface area contributed by atoms with Crippen LogP contribution < -0.4 is 10.1 Å². The zero-order chi connectivity index (χ0) is 20.0. The molecule has 7 nitrogen and oxygen atoms in total. The number of nitrogens with one attached hydrogen (secondary N) is 1. The largest absolute Gasteiger partial charge is 0.508 e. The van der Waals surface area contributed by atoms with Gasteiger partial charge in [0.2, 0.25) is 0 Å². The van der Waals surface area contributed by atoms with Crippen molar-refractivity contribution in [1.82, 2.24) is 0 Å².